The highest BCUT2D eigenvalue weighted by Crippen LogP contribution is 2.29. The van der Waals surface area contributed by atoms with Gasteiger partial charge in [-0.15, -0.1) is 0 Å². The summed E-state index contributed by atoms with van der Waals surface area (Å²) < 4.78 is 0. The van der Waals surface area contributed by atoms with E-state index in [0.29, 0.717) is 19.3 Å². The largest absolute Gasteiger partial charge is 0.549 e. The molecule has 222 valence electrons. The summed E-state index contributed by atoms with van der Waals surface area (Å²) in [4.78, 5) is 43.3. The molecule has 0 bridgehead atoms. The van der Waals surface area contributed by atoms with Crippen molar-refractivity contribution in [1.29, 1.82) is 0 Å². The first-order valence-corrected chi connectivity index (χ1v) is 14.2. The minimum atomic E-state index is -1.80. The van der Waals surface area contributed by atoms with Crippen LogP contribution in [0.1, 0.15) is 152 Å². The Hall–Kier alpha value is -2.12. The van der Waals surface area contributed by atoms with Crippen molar-refractivity contribution in [3.8, 4) is 0 Å². The summed E-state index contributed by atoms with van der Waals surface area (Å²) in [7, 11) is 0. The fourth-order valence-electron chi connectivity index (χ4n) is 3.13. The van der Waals surface area contributed by atoms with Gasteiger partial charge in [0, 0.05) is 10.8 Å². The molecule has 0 aromatic heterocycles. The van der Waals surface area contributed by atoms with E-state index in [2.05, 4.69) is 27.7 Å². The van der Waals surface area contributed by atoms with Gasteiger partial charge >= 0.3 is 0 Å². The molecule has 0 spiro atoms. The van der Waals surface area contributed by atoms with Crippen molar-refractivity contribution in [2.24, 2.45) is 10.8 Å². The Bertz CT molecular complexity index is 550. The lowest BCUT2D eigenvalue weighted by Gasteiger charge is -2.35. The van der Waals surface area contributed by atoms with E-state index in [1.165, 1.54) is 32.6 Å². The molecule has 0 aliphatic carbocycles. The van der Waals surface area contributed by atoms with Crippen molar-refractivity contribution in [1.82, 2.24) is 0 Å². The maximum atomic E-state index is 10.8. The van der Waals surface area contributed by atoms with Crippen LogP contribution in [-0.2, 0) is 19.2 Å². The van der Waals surface area contributed by atoms with E-state index in [-0.39, 0.29) is 25.7 Å². The minimum absolute atomic E-state index is 0.0177. The van der Waals surface area contributed by atoms with E-state index in [1.807, 2.05) is 13.8 Å². The molecule has 0 heterocycles. The van der Waals surface area contributed by atoms with E-state index in [0.717, 1.165) is 25.7 Å². The number of carbonyl (C=O) groups is 4. The van der Waals surface area contributed by atoms with Crippen molar-refractivity contribution in [2.45, 2.75) is 152 Å². The van der Waals surface area contributed by atoms with Gasteiger partial charge in [0.25, 0.3) is 0 Å². The second kappa shape index (κ2) is 26.9. The Morgan fingerprint density at radius 3 is 1.00 bits per heavy atom. The summed E-state index contributed by atoms with van der Waals surface area (Å²) in [6.45, 7) is 15.9. The lowest BCUT2D eigenvalue weighted by Crippen LogP contribution is -2.53. The van der Waals surface area contributed by atoms with Gasteiger partial charge in [-0.3, -0.25) is 0 Å². The molecule has 0 aromatic rings. The topological polar surface area (TPSA) is 161 Å². The molecule has 0 atom stereocenters. The van der Waals surface area contributed by atoms with Crippen LogP contribution in [0.2, 0.25) is 0 Å². The number of unbranched alkanes of at least 4 members (excludes halogenated alkanes) is 6. The molecule has 37 heavy (non-hydrogen) atoms. The number of aliphatic carboxylic acids is 4. The minimum Gasteiger partial charge on any atom is -0.549 e. The van der Waals surface area contributed by atoms with Gasteiger partial charge < -0.3 is 39.6 Å². The Kier molecular flexibility index (Phi) is 30.6. The van der Waals surface area contributed by atoms with E-state index in [9.17, 15) is 39.6 Å². The van der Waals surface area contributed by atoms with Gasteiger partial charge in [0.1, 0.15) is 0 Å². The summed E-state index contributed by atoms with van der Waals surface area (Å²) in [6.07, 6.45) is 10.8. The molecule has 0 rings (SSSR count). The van der Waals surface area contributed by atoms with E-state index in [1.54, 1.807) is 6.92 Å². The van der Waals surface area contributed by atoms with Crippen LogP contribution in [0.15, 0.2) is 0 Å². The molecule has 0 N–H and O–H groups in total. The second-order valence-corrected chi connectivity index (χ2v) is 9.33. The molecule has 0 fully saturated rings. The summed E-state index contributed by atoms with van der Waals surface area (Å²) in [5.41, 5.74) is -3.58. The first kappa shape index (κ1) is 42.0. The fourth-order valence-corrected chi connectivity index (χ4v) is 3.13. The second-order valence-electron chi connectivity index (χ2n) is 9.33. The van der Waals surface area contributed by atoms with Crippen LogP contribution in [0, 0.1) is 10.8 Å². The molecule has 0 radical (unpaired) electrons. The number of hydrogen-bond donors (Lipinski definition) is 0. The predicted molar refractivity (Wildman–Crippen MR) is 140 cm³/mol. The Morgan fingerprint density at radius 2 is 0.757 bits per heavy atom. The van der Waals surface area contributed by atoms with Crippen LogP contribution < -0.4 is 20.4 Å². The average Bonchev–Trinajstić information content (AvgIpc) is 2.86. The predicted octanol–water partition coefficient (Wildman–Crippen LogP) is 2.93. The number of hydrogen-bond acceptors (Lipinski definition) is 8. The highest BCUT2D eigenvalue weighted by atomic mass is 16.4. The van der Waals surface area contributed by atoms with Crippen molar-refractivity contribution < 1.29 is 39.6 Å². The molecule has 0 aliphatic rings. The molecule has 0 saturated carbocycles. The molecule has 0 saturated heterocycles. The first-order chi connectivity index (χ1) is 17.3. The van der Waals surface area contributed by atoms with E-state index < -0.39 is 34.7 Å². The molecule has 0 aliphatic heterocycles. The smallest absolute Gasteiger partial charge is 0.0532 e. The van der Waals surface area contributed by atoms with E-state index >= 15 is 0 Å². The Labute approximate surface area is 226 Å². The lowest BCUT2D eigenvalue weighted by molar-refractivity contribution is -0.346. The standard InChI is InChI=1S/C11H20O4.C10H18O4.2C4H10/c1-3-5-6-7-8-11(4-2,9(12)13)10(14)15;1-3-5-7-10(6-4-2,8(11)12)9(13)14;2*1-3-4-2/h3-8H2,1-2H3,(H,12,13)(H,14,15);3-7H2,1-2H3,(H,11,12)(H,13,14);2*3-4H2,1-2H3/p-4. The first-order valence-electron chi connectivity index (χ1n) is 14.2. The molecule has 0 aromatic carbocycles. The van der Waals surface area contributed by atoms with E-state index in [4.69, 9.17) is 0 Å². The van der Waals surface area contributed by atoms with Gasteiger partial charge in [-0.2, -0.15) is 0 Å². The Morgan fingerprint density at radius 1 is 0.405 bits per heavy atom. The third kappa shape index (κ3) is 18.7. The van der Waals surface area contributed by atoms with Crippen molar-refractivity contribution in [3.63, 3.8) is 0 Å². The van der Waals surface area contributed by atoms with Crippen LogP contribution in [0.4, 0.5) is 0 Å². The Balaban J connectivity index is -0.000000228. The summed E-state index contributed by atoms with van der Waals surface area (Å²) in [6, 6.07) is 0. The molecule has 0 amide bonds. The van der Waals surface area contributed by atoms with Crippen molar-refractivity contribution >= 4 is 23.9 Å². The van der Waals surface area contributed by atoms with Gasteiger partial charge in [-0.25, -0.2) is 0 Å². The zero-order valence-electron chi connectivity index (χ0n) is 24.9. The van der Waals surface area contributed by atoms with Crippen molar-refractivity contribution in [2.75, 3.05) is 0 Å². The van der Waals surface area contributed by atoms with Gasteiger partial charge in [-0.05, 0) is 25.7 Å². The van der Waals surface area contributed by atoms with Crippen LogP contribution >= 0.6 is 0 Å². The zero-order valence-corrected chi connectivity index (χ0v) is 24.9. The SMILES string of the molecule is CCCC.CCCC.CCCCC(CCC)(C(=O)[O-])C(=O)[O-].CCCCCCC(CC)(C(=O)[O-])C(=O)[O-]. The monoisotopic (exact) mass is 530 g/mol. The molecule has 8 nitrogen and oxygen atoms in total. The highest BCUT2D eigenvalue weighted by molar-refractivity contribution is 5.96. The molecule has 0 unspecified atom stereocenters. The van der Waals surface area contributed by atoms with Crippen LogP contribution in [0.25, 0.3) is 0 Å². The van der Waals surface area contributed by atoms with Crippen molar-refractivity contribution in [3.05, 3.63) is 0 Å². The summed E-state index contributed by atoms with van der Waals surface area (Å²) in [5, 5.41) is 43.3. The van der Waals surface area contributed by atoms with Crippen LogP contribution in [0.3, 0.4) is 0 Å². The average molecular weight is 531 g/mol. The molecular formula is C29H54O8-4. The maximum Gasteiger partial charge on any atom is 0.0532 e. The normalized spacial score (nSPS) is 10.5. The number of carbonyl (C=O) groups excluding carboxylic acids is 4. The fraction of sp³-hybridized carbons (Fsp3) is 0.862. The summed E-state index contributed by atoms with van der Waals surface area (Å²) in [5.74, 6) is -6.09. The number of carboxylic acid groups (broad SMARTS) is 4. The summed E-state index contributed by atoms with van der Waals surface area (Å²) >= 11 is 0. The maximum absolute atomic E-state index is 10.8. The number of rotatable bonds is 17. The zero-order chi connectivity index (χ0) is 29.9. The van der Waals surface area contributed by atoms with Gasteiger partial charge in [0.05, 0.1) is 23.9 Å². The highest BCUT2D eigenvalue weighted by Gasteiger charge is 2.32. The third-order valence-corrected chi connectivity index (χ3v) is 6.26. The third-order valence-electron chi connectivity index (χ3n) is 6.26. The lowest BCUT2D eigenvalue weighted by atomic mass is 9.79. The number of carboxylic acids is 4. The van der Waals surface area contributed by atoms with Crippen LogP contribution in [0.5, 0.6) is 0 Å². The molecular weight excluding hydrogens is 476 g/mol. The van der Waals surface area contributed by atoms with Gasteiger partial charge in [0.2, 0.25) is 0 Å². The van der Waals surface area contributed by atoms with Gasteiger partial charge in [-0.1, -0.05) is 126 Å². The quantitative estimate of drug-likeness (QED) is 0.205. The molecule has 8 heteroatoms. The van der Waals surface area contributed by atoms with Gasteiger partial charge in [0.15, 0.2) is 0 Å². The van der Waals surface area contributed by atoms with Crippen LogP contribution in [-0.4, -0.2) is 23.9 Å².